The van der Waals surface area contributed by atoms with E-state index in [4.69, 9.17) is 0 Å². The Morgan fingerprint density at radius 1 is 0.594 bits per heavy atom. The van der Waals surface area contributed by atoms with E-state index in [1.54, 1.807) is 24.3 Å². The highest BCUT2D eigenvalue weighted by molar-refractivity contribution is 5.96. The van der Waals surface area contributed by atoms with E-state index in [2.05, 4.69) is 10.2 Å². The Morgan fingerprint density at radius 3 is 1.19 bits per heavy atom. The van der Waals surface area contributed by atoms with Crippen molar-refractivity contribution in [1.82, 2.24) is 9.80 Å². The molecule has 0 unspecified atom stereocenters. The average molecular weight is 437 g/mol. The molecule has 6 heteroatoms. The predicted molar refractivity (Wildman–Crippen MR) is 130 cm³/mol. The Morgan fingerprint density at radius 2 is 0.906 bits per heavy atom. The van der Waals surface area contributed by atoms with Gasteiger partial charge in [0.15, 0.2) is 0 Å². The lowest BCUT2D eigenvalue weighted by molar-refractivity contribution is 0.0634. The van der Waals surface area contributed by atoms with E-state index in [9.17, 15) is 9.59 Å². The summed E-state index contributed by atoms with van der Waals surface area (Å²) in [7, 11) is 0. The first-order valence-corrected chi connectivity index (χ1v) is 11.3. The summed E-state index contributed by atoms with van der Waals surface area (Å²) >= 11 is 0. The molecule has 0 spiro atoms. The Balaban J connectivity index is 2.26. The van der Waals surface area contributed by atoms with Gasteiger partial charge in [0.1, 0.15) is 0 Å². The molecule has 0 aliphatic carbocycles. The van der Waals surface area contributed by atoms with Crippen molar-refractivity contribution >= 4 is 23.2 Å². The fraction of sp³-hybridized carbons (Fsp3) is 0.462. The lowest BCUT2D eigenvalue weighted by atomic mass is 10.1. The van der Waals surface area contributed by atoms with Gasteiger partial charge in [-0.05, 0) is 91.8 Å². The van der Waals surface area contributed by atoms with Gasteiger partial charge in [-0.1, -0.05) is 12.1 Å². The van der Waals surface area contributed by atoms with Crippen LogP contribution in [0.5, 0.6) is 0 Å². The Bertz CT molecular complexity index is 870. The quantitative estimate of drug-likeness (QED) is 0.436. The normalized spacial score (nSPS) is 11.8. The van der Waals surface area contributed by atoms with Crippen LogP contribution in [-0.2, 0) is 0 Å². The molecule has 0 radical (unpaired) electrons. The summed E-state index contributed by atoms with van der Waals surface area (Å²) in [4.78, 5) is 29.6. The molecule has 0 saturated heterocycles. The SMILES string of the molecule is CC(C)N(C(=O)c1cccc(N=Nc2cccc(C(=O)N(C(C)C)C(C)C)c2)c1)C(C)C. The van der Waals surface area contributed by atoms with E-state index in [0.717, 1.165) is 0 Å². The van der Waals surface area contributed by atoms with Gasteiger partial charge >= 0.3 is 0 Å². The van der Waals surface area contributed by atoms with E-state index in [1.165, 1.54) is 0 Å². The van der Waals surface area contributed by atoms with Gasteiger partial charge in [0.2, 0.25) is 0 Å². The van der Waals surface area contributed by atoms with Gasteiger partial charge in [0.05, 0.1) is 11.4 Å². The molecule has 0 aliphatic rings. The van der Waals surface area contributed by atoms with Crippen molar-refractivity contribution in [1.29, 1.82) is 0 Å². The summed E-state index contributed by atoms with van der Waals surface area (Å²) in [6.07, 6.45) is 0. The third kappa shape index (κ3) is 6.25. The monoisotopic (exact) mass is 436 g/mol. The number of amides is 2. The minimum atomic E-state index is -0.0258. The fourth-order valence-corrected chi connectivity index (χ4v) is 3.95. The number of hydrogen-bond acceptors (Lipinski definition) is 4. The lowest BCUT2D eigenvalue weighted by Gasteiger charge is -2.31. The molecule has 0 N–H and O–H groups in total. The Kier molecular flexibility index (Phi) is 8.70. The van der Waals surface area contributed by atoms with Crippen LogP contribution >= 0.6 is 0 Å². The largest absolute Gasteiger partial charge is 0.334 e. The lowest BCUT2D eigenvalue weighted by Crippen LogP contribution is -2.42. The topological polar surface area (TPSA) is 65.3 Å². The Labute approximate surface area is 192 Å². The number of nitrogens with zero attached hydrogens (tertiary/aromatic N) is 4. The maximum atomic E-state index is 13.0. The zero-order valence-corrected chi connectivity index (χ0v) is 20.5. The van der Waals surface area contributed by atoms with Crippen LogP contribution in [0.25, 0.3) is 0 Å². The molecule has 0 saturated carbocycles. The number of carbonyl (C=O) groups is 2. The van der Waals surface area contributed by atoms with Gasteiger partial charge < -0.3 is 9.80 Å². The highest BCUT2D eigenvalue weighted by Gasteiger charge is 2.22. The summed E-state index contributed by atoms with van der Waals surface area (Å²) in [6, 6.07) is 14.7. The van der Waals surface area contributed by atoms with Crippen LogP contribution in [0.4, 0.5) is 11.4 Å². The van der Waals surface area contributed by atoms with Crippen LogP contribution in [0.2, 0.25) is 0 Å². The first-order valence-electron chi connectivity index (χ1n) is 11.3. The highest BCUT2D eigenvalue weighted by Crippen LogP contribution is 2.23. The third-order valence-corrected chi connectivity index (χ3v) is 5.16. The molecule has 0 bridgehead atoms. The first kappa shape index (κ1) is 25.2. The highest BCUT2D eigenvalue weighted by atomic mass is 16.2. The van der Waals surface area contributed by atoms with Crippen LogP contribution in [0, 0.1) is 0 Å². The van der Waals surface area contributed by atoms with E-state index in [1.807, 2.05) is 89.5 Å². The molecule has 0 heterocycles. The molecular formula is C26H36N4O2. The molecule has 0 aromatic heterocycles. The zero-order valence-electron chi connectivity index (χ0n) is 20.5. The summed E-state index contributed by atoms with van der Waals surface area (Å²) in [5, 5.41) is 8.63. The Hall–Kier alpha value is -3.02. The maximum absolute atomic E-state index is 13.0. The van der Waals surface area contributed by atoms with Crippen LogP contribution in [0.15, 0.2) is 58.8 Å². The second-order valence-corrected chi connectivity index (χ2v) is 9.10. The minimum absolute atomic E-state index is 0.0258. The first-order chi connectivity index (χ1) is 15.0. The van der Waals surface area contributed by atoms with Crippen molar-refractivity contribution in [2.45, 2.75) is 79.6 Å². The molecular weight excluding hydrogens is 400 g/mol. The third-order valence-electron chi connectivity index (χ3n) is 5.16. The van der Waals surface area contributed by atoms with Crippen LogP contribution in [0.3, 0.4) is 0 Å². The van der Waals surface area contributed by atoms with Crippen molar-refractivity contribution in [3.63, 3.8) is 0 Å². The maximum Gasteiger partial charge on any atom is 0.254 e. The smallest absolute Gasteiger partial charge is 0.254 e. The molecule has 2 rings (SSSR count). The molecule has 0 atom stereocenters. The van der Waals surface area contributed by atoms with Gasteiger partial charge in [0, 0.05) is 35.3 Å². The number of rotatable bonds is 8. The van der Waals surface area contributed by atoms with Crippen molar-refractivity contribution < 1.29 is 9.59 Å². The number of hydrogen-bond donors (Lipinski definition) is 0. The van der Waals surface area contributed by atoms with E-state index < -0.39 is 0 Å². The molecule has 0 aliphatic heterocycles. The molecule has 172 valence electrons. The van der Waals surface area contributed by atoms with Crippen molar-refractivity contribution in [2.24, 2.45) is 10.2 Å². The number of azo groups is 1. The number of benzene rings is 2. The van der Waals surface area contributed by atoms with Crippen molar-refractivity contribution in [3.8, 4) is 0 Å². The zero-order chi connectivity index (χ0) is 24.0. The fourth-order valence-electron chi connectivity index (χ4n) is 3.95. The predicted octanol–water partition coefficient (Wildman–Crippen LogP) is 6.62. The second kappa shape index (κ2) is 11.0. The second-order valence-electron chi connectivity index (χ2n) is 9.10. The minimum Gasteiger partial charge on any atom is -0.334 e. The summed E-state index contributed by atoms with van der Waals surface area (Å²) in [6.45, 7) is 16.1. The molecule has 32 heavy (non-hydrogen) atoms. The molecule has 2 amide bonds. The molecule has 2 aromatic rings. The van der Waals surface area contributed by atoms with Gasteiger partial charge in [-0.15, -0.1) is 0 Å². The molecule has 6 nitrogen and oxygen atoms in total. The van der Waals surface area contributed by atoms with E-state index in [0.29, 0.717) is 22.5 Å². The summed E-state index contributed by atoms with van der Waals surface area (Å²) < 4.78 is 0. The number of carbonyl (C=O) groups excluding carboxylic acids is 2. The van der Waals surface area contributed by atoms with Gasteiger partial charge in [-0.2, -0.15) is 10.2 Å². The van der Waals surface area contributed by atoms with Gasteiger partial charge in [-0.3, -0.25) is 9.59 Å². The molecule has 0 fully saturated rings. The van der Waals surface area contributed by atoms with Gasteiger partial charge in [0.25, 0.3) is 11.8 Å². The molecule has 2 aromatic carbocycles. The van der Waals surface area contributed by atoms with E-state index >= 15 is 0 Å². The summed E-state index contributed by atoms with van der Waals surface area (Å²) in [5.41, 5.74) is 2.34. The van der Waals surface area contributed by atoms with Crippen molar-refractivity contribution in [3.05, 3.63) is 59.7 Å². The van der Waals surface area contributed by atoms with Crippen LogP contribution in [0.1, 0.15) is 76.1 Å². The van der Waals surface area contributed by atoms with E-state index in [-0.39, 0.29) is 36.0 Å². The van der Waals surface area contributed by atoms with Crippen molar-refractivity contribution in [2.75, 3.05) is 0 Å². The van der Waals surface area contributed by atoms with Crippen LogP contribution in [-0.4, -0.2) is 45.8 Å². The van der Waals surface area contributed by atoms with Gasteiger partial charge in [-0.25, -0.2) is 0 Å². The standard InChI is InChI=1S/C26H36N4O2/c1-17(2)29(18(3)4)25(31)21-11-9-13-23(15-21)27-28-24-14-10-12-22(16-24)26(32)30(19(5)6)20(7)8/h9-20H,1-8H3. The summed E-state index contributed by atoms with van der Waals surface area (Å²) in [5.74, 6) is -0.0517. The average Bonchev–Trinajstić information content (AvgIpc) is 2.71. The van der Waals surface area contributed by atoms with Crippen LogP contribution < -0.4 is 0 Å².